The van der Waals surface area contributed by atoms with Gasteiger partial charge in [0.1, 0.15) is 0 Å². The topological polar surface area (TPSA) is 42.4 Å². The Morgan fingerprint density at radius 3 is 3.11 bits per heavy atom. The summed E-state index contributed by atoms with van der Waals surface area (Å²) in [6.07, 6.45) is 8.01. The van der Waals surface area contributed by atoms with Crippen LogP contribution in [0.2, 0.25) is 0 Å². The quantitative estimate of drug-likeness (QED) is 0.928. The SMILES string of the molecule is CCCC1CC(O)(Cc2cncc(Br)c2)CCO1. The summed E-state index contributed by atoms with van der Waals surface area (Å²) >= 11 is 3.41. The zero-order chi connectivity index (χ0) is 13.0. The van der Waals surface area contributed by atoms with Crippen molar-refractivity contribution in [2.75, 3.05) is 6.61 Å². The fraction of sp³-hybridized carbons (Fsp3) is 0.643. The van der Waals surface area contributed by atoms with Gasteiger partial charge in [-0.1, -0.05) is 13.3 Å². The lowest BCUT2D eigenvalue weighted by Gasteiger charge is -2.37. The van der Waals surface area contributed by atoms with Crippen LogP contribution in [0.1, 0.15) is 38.2 Å². The second-order valence-corrected chi connectivity index (χ2v) is 6.06. The van der Waals surface area contributed by atoms with Crippen LogP contribution in [0.3, 0.4) is 0 Å². The number of hydrogen-bond acceptors (Lipinski definition) is 3. The van der Waals surface area contributed by atoms with E-state index in [2.05, 4.69) is 27.8 Å². The summed E-state index contributed by atoms with van der Waals surface area (Å²) in [5, 5.41) is 10.7. The molecule has 0 radical (unpaired) electrons. The third-order valence-electron chi connectivity index (χ3n) is 3.43. The molecule has 18 heavy (non-hydrogen) atoms. The minimum absolute atomic E-state index is 0.203. The molecule has 4 heteroatoms. The molecule has 2 rings (SSSR count). The zero-order valence-corrected chi connectivity index (χ0v) is 12.3. The summed E-state index contributed by atoms with van der Waals surface area (Å²) < 4.78 is 6.65. The number of rotatable bonds is 4. The van der Waals surface area contributed by atoms with E-state index < -0.39 is 5.60 Å². The molecule has 1 aliphatic rings. The zero-order valence-electron chi connectivity index (χ0n) is 10.7. The summed E-state index contributed by atoms with van der Waals surface area (Å²) in [7, 11) is 0. The van der Waals surface area contributed by atoms with Gasteiger partial charge in [-0.05, 0) is 40.4 Å². The Labute approximate surface area is 117 Å². The fourth-order valence-corrected chi connectivity index (χ4v) is 3.01. The third kappa shape index (κ3) is 3.77. The van der Waals surface area contributed by atoms with Gasteiger partial charge in [-0.3, -0.25) is 4.98 Å². The van der Waals surface area contributed by atoms with Gasteiger partial charge in [-0.25, -0.2) is 0 Å². The van der Waals surface area contributed by atoms with E-state index in [0.29, 0.717) is 19.4 Å². The second-order valence-electron chi connectivity index (χ2n) is 5.15. The van der Waals surface area contributed by atoms with Crippen LogP contribution in [-0.2, 0) is 11.2 Å². The van der Waals surface area contributed by atoms with Crippen molar-refractivity contribution in [3.05, 3.63) is 28.5 Å². The van der Waals surface area contributed by atoms with E-state index >= 15 is 0 Å². The average molecular weight is 314 g/mol. The lowest BCUT2D eigenvalue weighted by molar-refractivity contribution is -0.105. The highest BCUT2D eigenvalue weighted by molar-refractivity contribution is 9.10. The van der Waals surface area contributed by atoms with Crippen LogP contribution < -0.4 is 0 Å². The van der Waals surface area contributed by atoms with Crippen LogP contribution in [0.4, 0.5) is 0 Å². The van der Waals surface area contributed by atoms with Crippen molar-refractivity contribution in [2.45, 2.75) is 50.7 Å². The summed E-state index contributed by atoms with van der Waals surface area (Å²) in [5.74, 6) is 0. The Bertz CT molecular complexity index is 397. The van der Waals surface area contributed by atoms with Crippen LogP contribution >= 0.6 is 15.9 Å². The van der Waals surface area contributed by atoms with Crippen LogP contribution in [0.25, 0.3) is 0 Å². The van der Waals surface area contributed by atoms with Gasteiger partial charge >= 0.3 is 0 Å². The van der Waals surface area contributed by atoms with Gasteiger partial charge in [0.05, 0.1) is 11.7 Å². The molecule has 1 aromatic rings. The van der Waals surface area contributed by atoms with Crippen molar-refractivity contribution >= 4 is 15.9 Å². The maximum Gasteiger partial charge on any atom is 0.0735 e. The minimum atomic E-state index is -0.638. The van der Waals surface area contributed by atoms with Gasteiger partial charge in [0, 0.05) is 36.3 Å². The molecule has 1 aliphatic heterocycles. The summed E-state index contributed by atoms with van der Waals surface area (Å²) in [4.78, 5) is 4.15. The molecule has 1 aromatic heterocycles. The number of nitrogens with zero attached hydrogens (tertiary/aromatic N) is 1. The molecule has 2 heterocycles. The van der Waals surface area contributed by atoms with Crippen molar-refractivity contribution in [3.63, 3.8) is 0 Å². The first kappa shape index (κ1) is 14.0. The smallest absolute Gasteiger partial charge is 0.0735 e. The van der Waals surface area contributed by atoms with Crippen LogP contribution in [0.15, 0.2) is 22.9 Å². The molecule has 0 aliphatic carbocycles. The molecule has 0 bridgehead atoms. The number of aliphatic hydroxyl groups is 1. The van der Waals surface area contributed by atoms with Crippen molar-refractivity contribution in [1.82, 2.24) is 4.98 Å². The molecular weight excluding hydrogens is 294 g/mol. The van der Waals surface area contributed by atoms with E-state index in [1.807, 2.05) is 12.3 Å². The average Bonchev–Trinajstić information content (AvgIpc) is 2.28. The molecule has 2 unspecified atom stereocenters. The Hall–Kier alpha value is -0.450. The van der Waals surface area contributed by atoms with E-state index in [4.69, 9.17) is 4.74 Å². The second kappa shape index (κ2) is 6.13. The van der Waals surface area contributed by atoms with Crippen LogP contribution in [0, 0.1) is 0 Å². The first-order chi connectivity index (χ1) is 8.61. The maximum absolute atomic E-state index is 10.7. The van der Waals surface area contributed by atoms with E-state index in [-0.39, 0.29) is 6.10 Å². The van der Waals surface area contributed by atoms with Gasteiger partial charge in [0.25, 0.3) is 0 Å². The van der Waals surface area contributed by atoms with Crippen molar-refractivity contribution in [3.8, 4) is 0 Å². The van der Waals surface area contributed by atoms with Gasteiger partial charge in [0.2, 0.25) is 0 Å². The van der Waals surface area contributed by atoms with Crippen molar-refractivity contribution in [1.29, 1.82) is 0 Å². The Balaban J connectivity index is 2.02. The highest BCUT2D eigenvalue weighted by Crippen LogP contribution is 2.30. The van der Waals surface area contributed by atoms with Gasteiger partial charge < -0.3 is 9.84 Å². The van der Waals surface area contributed by atoms with Gasteiger partial charge in [-0.15, -0.1) is 0 Å². The predicted molar refractivity (Wildman–Crippen MR) is 74.5 cm³/mol. The van der Waals surface area contributed by atoms with Crippen LogP contribution in [0.5, 0.6) is 0 Å². The van der Waals surface area contributed by atoms with Gasteiger partial charge in [-0.2, -0.15) is 0 Å². The highest BCUT2D eigenvalue weighted by atomic mass is 79.9. The number of pyridine rings is 1. The van der Waals surface area contributed by atoms with Crippen LogP contribution in [-0.4, -0.2) is 28.4 Å². The molecule has 0 spiro atoms. The Morgan fingerprint density at radius 2 is 2.39 bits per heavy atom. The van der Waals surface area contributed by atoms with E-state index in [9.17, 15) is 5.11 Å². The summed E-state index contributed by atoms with van der Waals surface area (Å²) in [6, 6.07) is 2.02. The number of ether oxygens (including phenoxy) is 1. The molecule has 1 fully saturated rings. The molecule has 1 saturated heterocycles. The first-order valence-corrected chi connectivity index (χ1v) is 7.34. The normalized spacial score (nSPS) is 28.3. The molecule has 0 amide bonds. The fourth-order valence-electron chi connectivity index (χ4n) is 2.60. The van der Waals surface area contributed by atoms with E-state index in [0.717, 1.165) is 29.3 Å². The van der Waals surface area contributed by atoms with E-state index in [1.54, 1.807) is 6.20 Å². The summed E-state index contributed by atoms with van der Waals surface area (Å²) in [5.41, 5.74) is 0.435. The maximum atomic E-state index is 10.7. The Kier molecular flexibility index (Phi) is 4.76. The first-order valence-electron chi connectivity index (χ1n) is 6.55. The summed E-state index contributed by atoms with van der Waals surface area (Å²) in [6.45, 7) is 2.80. The molecular formula is C14H20BrNO2. The predicted octanol–water partition coefficient (Wildman–Crippen LogP) is 3.10. The number of halogens is 1. The highest BCUT2D eigenvalue weighted by Gasteiger charge is 2.34. The minimum Gasteiger partial charge on any atom is -0.389 e. The molecule has 2 atom stereocenters. The molecule has 100 valence electrons. The molecule has 0 aromatic carbocycles. The lowest BCUT2D eigenvalue weighted by Crippen LogP contribution is -2.42. The number of aromatic nitrogens is 1. The Morgan fingerprint density at radius 1 is 1.56 bits per heavy atom. The van der Waals surface area contributed by atoms with Gasteiger partial charge in [0.15, 0.2) is 0 Å². The monoisotopic (exact) mass is 313 g/mol. The number of hydrogen-bond donors (Lipinski definition) is 1. The lowest BCUT2D eigenvalue weighted by atomic mass is 9.84. The largest absolute Gasteiger partial charge is 0.389 e. The molecule has 3 nitrogen and oxygen atoms in total. The van der Waals surface area contributed by atoms with E-state index in [1.165, 1.54) is 0 Å². The van der Waals surface area contributed by atoms with Crippen molar-refractivity contribution < 1.29 is 9.84 Å². The molecule has 0 saturated carbocycles. The molecule has 1 N–H and O–H groups in total. The standard InChI is InChI=1S/C14H20BrNO2/c1-2-3-13-8-14(17,4-5-18-13)7-11-6-12(15)10-16-9-11/h6,9-10,13,17H,2-5,7-8H2,1H3. The third-order valence-corrected chi connectivity index (χ3v) is 3.87. The van der Waals surface area contributed by atoms with Crippen molar-refractivity contribution in [2.24, 2.45) is 0 Å².